The zero-order valence-electron chi connectivity index (χ0n) is 17.8. The first-order valence-corrected chi connectivity index (χ1v) is 10.8. The van der Waals surface area contributed by atoms with Crippen LogP contribution in [0, 0.1) is 6.92 Å². The van der Waals surface area contributed by atoms with Gasteiger partial charge in [0, 0.05) is 35.4 Å². The predicted octanol–water partition coefficient (Wildman–Crippen LogP) is 4.97. The number of hydrogen-bond acceptors (Lipinski definition) is 6. The maximum atomic E-state index is 12.6. The molecule has 8 nitrogen and oxygen atoms in total. The number of nitrogens with zero attached hydrogens (tertiary/aromatic N) is 3. The topological polar surface area (TPSA) is 109 Å². The van der Waals surface area contributed by atoms with E-state index in [9.17, 15) is 9.59 Å². The third-order valence-electron chi connectivity index (χ3n) is 4.84. The second-order valence-corrected chi connectivity index (χ2v) is 7.98. The van der Waals surface area contributed by atoms with E-state index in [-0.39, 0.29) is 15.6 Å². The molecule has 34 heavy (non-hydrogen) atoms. The van der Waals surface area contributed by atoms with E-state index in [0.29, 0.717) is 22.9 Å². The van der Waals surface area contributed by atoms with Gasteiger partial charge in [-0.05, 0) is 55.0 Å². The number of amides is 2. The Kier molecular flexibility index (Phi) is 7.01. The number of benzene rings is 2. The van der Waals surface area contributed by atoms with E-state index < -0.39 is 11.8 Å². The fourth-order valence-electron chi connectivity index (χ4n) is 3.08. The van der Waals surface area contributed by atoms with Crippen molar-refractivity contribution < 1.29 is 9.59 Å². The standard InChI is InChI=1S/C24H18Cl2N6O2/c1-14-7-8-15(22(33)31-32-23(34)21-17(25)5-2-6-18(21)26)12-20(14)30-24-28-11-9-19(29-24)16-4-3-10-27-13-16/h2-13H,1H3,(H,31,33)(H,32,34)(H,28,29,30). The molecular weight excluding hydrogens is 475 g/mol. The van der Waals surface area contributed by atoms with Gasteiger partial charge in [0.15, 0.2) is 0 Å². The van der Waals surface area contributed by atoms with Gasteiger partial charge in [0.2, 0.25) is 5.95 Å². The minimum absolute atomic E-state index is 0.0723. The van der Waals surface area contributed by atoms with E-state index in [1.807, 2.05) is 19.1 Å². The summed E-state index contributed by atoms with van der Waals surface area (Å²) in [6.07, 6.45) is 5.04. The summed E-state index contributed by atoms with van der Waals surface area (Å²) in [4.78, 5) is 37.9. The summed E-state index contributed by atoms with van der Waals surface area (Å²) < 4.78 is 0. The Morgan fingerprint density at radius 3 is 2.38 bits per heavy atom. The Hall–Kier alpha value is -4.01. The van der Waals surface area contributed by atoms with Gasteiger partial charge in [0.05, 0.1) is 21.3 Å². The number of pyridine rings is 1. The second-order valence-electron chi connectivity index (χ2n) is 7.17. The highest BCUT2D eigenvalue weighted by Crippen LogP contribution is 2.24. The van der Waals surface area contributed by atoms with E-state index >= 15 is 0 Å². The molecule has 2 aromatic heterocycles. The van der Waals surface area contributed by atoms with E-state index in [1.54, 1.807) is 48.9 Å². The summed E-state index contributed by atoms with van der Waals surface area (Å²) in [6.45, 7) is 1.89. The average molecular weight is 493 g/mol. The summed E-state index contributed by atoms with van der Waals surface area (Å²) in [5, 5.41) is 3.49. The highest BCUT2D eigenvalue weighted by atomic mass is 35.5. The molecule has 0 atom stereocenters. The van der Waals surface area contributed by atoms with Gasteiger partial charge in [-0.25, -0.2) is 9.97 Å². The van der Waals surface area contributed by atoms with Crippen LogP contribution in [0.1, 0.15) is 26.3 Å². The second kappa shape index (κ2) is 10.3. The van der Waals surface area contributed by atoms with Gasteiger partial charge in [-0.1, -0.05) is 35.3 Å². The molecule has 4 rings (SSSR count). The first-order chi connectivity index (χ1) is 16.4. The zero-order chi connectivity index (χ0) is 24.1. The monoisotopic (exact) mass is 492 g/mol. The minimum atomic E-state index is -0.630. The van der Waals surface area contributed by atoms with Crippen molar-refractivity contribution in [2.75, 3.05) is 5.32 Å². The number of anilines is 2. The van der Waals surface area contributed by atoms with Crippen LogP contribution in [0.5, 0.6) is 0 Å². The number of rotatable bonds is 5. The van der Waals surface area contributed by atoms with E-state index in [4.69, 9.17) is 23.2 Å². The van der Waals surface area contributed by atoms with Crippen LogP contribution in [0.4, 0.5) is 11.6 Å². The molecule has 0 saturated carbocycles. The Balaban J connectivity index is 1.48. The Labute approximate surface area is 205 Å². The number of hydrazine groups is 1. The molecule has 4 aromatic rings. The molecule has 0 radical (unpaired) electrons. The van der Waals surface area contributed by atoms with Crippen LogP contribution in [0.25, 0.3) is 11.3 Å². The van der Waals surface area contributed by atoms with Gasteiger partial charge in [0.1, 0.15) is 0 Å². The van der Waals surface area contributed by atoms with Gasteiger partial charge in [0.25, 0.3) is 11.8 Å². The van der Waals surface area contributed by atoms with Gasteiger partial charge in [-0.2, -0.15) is 0 Å². The lowest BCUT2D eigenvalue weighted by atomic mass is 10.1. The molecular formula is C24H18Cl2N6O2. The summed E-state index contributed by atoms with van der Waals surface area (Å²) in [5.74, 6) is -0.789. The van der Waals surface area contributed by atoms with Crippen molar-refractivity contribution in [3.63, 3.8) is 0 Å². The normalized spacial score (nSPS) is 10.4. The first kappa shape index (κ1) is 23.2. The minimum Gasteiger partial charge on any atom is -0.324 e. The summed E-state index contributed by atoms with van der Waals surface area (Å²) in [6, 6.07) is 15.3. The molecule has 0 spiro atoms. The number of halogens is 2. The number of carbonyl (C=O) groups excluding carboxylic acids is 2. The fourth-order valence-corrected chi connectivity index (χ4v) is 3.64. The molecule has 0 bridgehead atoms. The molecule has 170 valence electrons. The predicted molar refractivity (Wildman–Crippen MR) is 131 cm³/mol. The van der Waals surface area contributed by atoms with Crippen LogP contribution in [0.15, 0.2) is 73.2 Å². The lowest BCUT2D eigenvalue weighted by molar-refractivity contribution is 0.0847. The molecule has 0 unspecified atom stereocenters. The number of hydrogen-bond donors (Lipinski definition) is 3. The van der Waals surface area contributed by atoms with Gasteiger partial charge in [-0.15, -0.1) is 0 Å². The maximum Gasteiger partial charge on any atom is 0.272 e. The van der Waals surface area contributed by atoms with Crippen molar-refractivity contribution in [3.05, 3.63) is 99.9 Å². The molecule has 3 N–H and O–H groups in total. The zero-order valence-corrected chi connectivity index (χ0v) is 19.4. The highest BCUT2D eigenvalue weighted by Gasteiger charge is 2.16. The number of nitrogens with one attached hydrogen (secondary N) is 3. The number of aromatic nitrogens is 3. The van der Waals surface area contributed by atoms with Crippen molar-refractivity contribution in [1.29, 1.82) is 0 Å². The van der Waals surface area contributed by atoms with Crippen molar-refractivity contribution in [3.8, 4) is 11.3 Å². The number of aryl methyl sites for hydroxylation is 1. The lowest BCUT2D eigenvalue weighted by Crippen LogP contribution is -2.41. The Morgan fingerprint density at radius 2 is 1.65 bits per heavy atom. The summed E-state index contributed by atoms with van der Waals surface area (Å²) in [5.41, 5.74) is 8.15. The van der Waals surface area contributed by atoms with Crippen molar-refractivity contribution in [1.82, 2.24) is 25.8 Å². The SMILES string of the molecule is Cc1ccc(C(=O)NNC(=O)c2c(Cl)cccc2Cl)cc1Nc1nccc(-c2cccnc2)n1. The van der Waals surface area contributed by atoms with Crippen LogP contribution in [-0.4, -0.2) is 26.8 Å². The molecule has 0 fully saturated rings. The summed E-state index contributed by atoms with van der Waals surface area (Å²) in [7, 11) is 0. The first-order valence-electron chi connectivity index (χ1n) is 10.1. The smallest absolute Gasteiger partial charge is 0.272 e. The molecule has 0 saturated heterocycles. The summed E-state index contributed by atoms with van der Waals surface area (Å²) >= 11 is 12.1. The van der Waals surface area contributed by atoms with E-state index in [1.165, 1.54) is 12.1 Å². The third-order valence-corrected chi connectivity index (χ3v) is 5.47. The lowest BCUT2D eigenvalue weighted by Gasteiger charge is -2.12. The molecule has 2 heterocycles. The van der Waals surface area contributed by atoms with Crippen molar-refractivity contribution in [2.24, 2.45) is 0 Å². The third kappa shape index (κ3) is 5.31. The van der Waals surface area contributed by atoms with Crippen molar-refractivity contribution >= 4 is 46.7 Å². The van der Waals surface area contributed by atoms with Crippen molar-refractivity contribution in [2.45, 2.75) is 6.92 Å². The van der Waals surface area contributed by atoms with Gasteiger partial charge >= 0.3 is 0 Å². The van der Waals surface area contributed by atoms with Crippen LogP contribution >= 0.6 is 23.2 Å². The molecule has 2 aromatic carbocycles. The molecule has 0 aliphatic heterocycles. The largest absolute Gasteiger partial charge is 0.324 e. The van der Waals surface area contributed by atoms with E-state index in [2.05, 4.69) is 31.1 Å². The highest BCUT2D eigenvalue weighted by molar-refractivity contribution is 6.39. The van der Waals surface area contributed by atoms with Crippen LogP contribution < -0.4 is 16.2 Å². The molecule has 0 aliphatic rings. The van der Waals surface area contributed by atoms with Crippen LogP contribution in [0.2, 0.25) is 10.0 Å². The van der Waals surface area contributed by atoms with E-state index in [0.717, 1.165) is 11.1 Å². The fraction of sp³-hybridized carbons (Fsp3) is 0.0417. The number of carbonyl (C=O) groups is 2. The quantitative estimate of drug-likeness (QED) is 0.339. The van der Waals surface area contributed by atoms with Crippen LogP contribution in [-0.2, 0) is 0 Å². The van der Waals surface area contributed by atoms with Gasteiger partial charge in [-0.3, -0.25) is 25.4 Å². The van der Waals surface area contributed by atoms with Crippen LogP contribution in [0.3, 0.4) is 0 Å². The molecule has 10 heteroatoms. The van der Waals surface area contributed by atoms with Gasteiger partial charge < -0.3 is 5.32 Å². The molecule has 0 aliphatic carbocycles. The maximum absolute atomic E-state index is 12.6. The Bertz CT molecular complexity index is 1340. The Morgan fingerprint density at radius 1 is 0.882 bits per heavy atom. The molecule has 2 amide bonds. The average Bonchev–Trinajstić information content (AvgIpc) is 2.84.